The number of hydrogen-bond acceptors (Lipinski definition) is 3. The summed E-state index contributed by atoms with van der Waals surface area (Å²) in [4.78, 5) is 24.1. The van der Waals surface area contributed by atoms with Gasteiger partial charge in [0.25, 0.3) is 0 Å². The fourth-order valence-electron chi connectivity index (χ4n) is 2.09. The third-order valence-electron chi connectivity index (χ3n) is 3.18. The molecule has 3 aromatic rings. The van der Waals surface area contributed by atoms with Gasteiger partial charge in [0, 0.05) is 16.5 Å². The van der Waals surface area contributed by atoms with Crippen molar-refractivity contribution >= 4 is 22.5 Å². The number of nitrogens with zero attached hydrogens (tertiary/aromatic N) is 1. The first-order chi connectivity index (χ1) is 10.7. The Labute approximate surface area is 129 Å². The highest BCUT2D eigenvalue weighted by molar-refractivity contribution is 6.14. The van der Waals surface area contributed by atoms with Gasteiger partial charge in [-0.3, -0.25) is 14.7 Å². The highest BCUT2D eigenvalue weighted by atomic mass is 16.1. The van der Waals surface area contributed by atoms with Crippen LogP contribution in [0.2, 0.25) is 0 Å². The van der Waals surface area contributed by atoms with E-state index in [0.717, 1.165) is 10.9 Å². The zero-order chi connectivity index (χ0) is 15.9. The molecule has 4 heteroatoms. The first-order valence-electron chi connectivity index (χ1n) is 7.28. The summed E-state index contributed by atoms with van der Waals surface area (Å²) in [6, 6.07) is 14.1. The lowest BCUT2D eigenvalue weighted by Crippen LogP contribution is -2.08. The Hall–Kier alpha value is -2.75. The fourth-order valence-corrected chi connectivity index (χ4v) is 2.09. The third-order valence-corrected chi connectivity index (χ3v) is 3.18. The van der Waals surface area contributed by atoms with Crippen molar-refractivity contribution < 1.29 is 9.59 Å². The van der Waals surface area contributed by atoms with Crippen LogP contribution >= 0.6 is 0 Å². The Morgan fingerprint density at radius 1 is 0.955 bits per heavy atom. The summed E-state index contributed by atoms with van der Waals surface area (Å²) < 4.78 is 0. The molecule has 0 atom stereocenters. The van der Waals surface area contributed by atoms with Crippen LogP contribution in [0.25, 0.3) is 10.9 Å². The molecule has 0 amide bonds. The second-order valence-electron chi connectivity index (χ2n) is 4.56. The van der Waals surface area contributed by atoms with Crippen molar-refractivity contribution in [3.63, 3.8) is 0 Å². The molecule has 2 aromatic carbocycles. The van der Waals surface area contributed by atoms with Gasteiger partial charge in [0.05, 0.1) is 18.1 Å². The largest absolute Gasteiger partial charge is 0.294 e. The molecule has 1 N–H and O–H groups in total. The van der Waals surface area contributed by atoms with Gasteiger partial charge < -0.3 is 0 Å². The number of aromatic amines is 1. The van der Waals surface area contributed by atoms with Crippen molar-refractivity contribution in [1.82, 2.24) is 10.2 Å². The van der Waals surface area contributed by atoms with E-state index in [1.807, 2.05) is 19.9 Å². The van der Waals surface area contributed by atoms with Gasteiger partial charge in [0.15, 0.2) is 11.6 Å². The average Bonchev–Trinajstić information content (AvgIpc) is 3.05. The standard InChI is InChI=1S/C16H12N2O2.C2H6/c19-15(11-4-2-1-3-5-11)9-16(20)12-6-7-14-13(8-12)10-17-18-14;1-2/h1-8,10H,9H2,(H,17,18);1-2H3. The van der Waals surface area contributed by atoms with Gasteiger partial charge in [0.1, 0.15) is 0 Å². The number of rotatable bonds is 4. The van der Waals surface area contributed by atoms with Gasteiger partial charge in [-0.15, -0.1) is 0 Å². The number of H-pyrrole nitrogens is 1. The number of ketones is 2. The number of nitrogens with one attached hydrogen (secondary N) is 1. The number of hydrogen-bond donors (Lipinski definition) is 1. The van der Waals surface area contributed by atoms with Crippen molar-refractivity contribution in [3.8, 4) is 0 Å². The van der Waals surface area contributed by atoms with Gasteiger partial charge in [-0.1, -0.05) is 44.2 Å². The topological polar surface area (TPSA) is 62.8 Å². The summed E-state index contributed by atoms with van der Waals surface area (Å²) >= 11 is 0. The van der Waals surface area contributed by atoms with E-state index in [9.17, 15) is 9.59 Å². The van der Waals surface area contributed by atoms with Crippen LogP contribution in [0.15, 0.2) is 54.7 Å². The van der Waals surface area contributed by atoms with E-state index in [0.29, 0.717) is 11.1 Å². The summed E-state index contributed by atoms with van der Waals surface area (Å²) in [6.45, 7) is 4.00. The number of carbonyl (C=O) groups is 2. The molecule has 1 aromatic heterocycles. The molecule has 0 aliphatic carbocycles. The molecule has 4 nitrogen and oxygen atoms in total. The Morgan fingerprint density at radius 3 is 2.36 bits per heavy atom. The summed E-state index contributed by atoms with van der Waals surface area (Å²) in [5.74, 6) is -0.343. The predicted octanol–water partition coefficient (Wildman–Crippen LogP) is 4.04. The smallest absolute Gasteiger partial charge is 0.170 e. The van der Waals surface area contributed by atoms with Crippen LogP contribution in [0.1, 0.15) is 41.0 Å². The predicted molar refractivity (Wildman–Crippen MR) is 87.2 cm³/mol. The molecule has 112 valence electrons. The Bertz CT molecular complexity index is 776. The fraction of sp³-hybridized carbons (Fsp3) is 0.167. The first-order valence-corrected chi connectivity index (χ1v) is 7.28. The third kappa shape index (κ3) is 3.47. The maximum Gasteiger partial charge on any atom is 0.170 e. The van der Waals surface area contributed by atoms with Crippen LogP contribution < -0.4 is 0 Å². The lowest BCUT2D eigenvalue weighted by atomic mass is 10.0. The molecule has 0 radical (unpaired) electrons. The molecule has 0 spiro atoms. The van der Waals surface area contributed by atoms with E-state index in [4.69, 9.17) is 0 Å². The van der Waals surface area contributed by atoms with E-state index in [1.165, 1.54) is 0 Å². The molecule has 0 bridgehead atoms. The maximum atomic E-state index is 12.1. The Kier molecular flexibility index (Phi) is 5.20. The van der Waals surface area contributed by atoms with Crippen molar-refractivity contribution in [2.45, 2.75) is 20.3 Å². The Morgan fingerprint density at radius 2 is 1.64 bits per heavy atom. The average molecular weight is 294 g/mol. The second kappa shape index (κ2) is 7.31. The van der Waals surface area contributed by atoms with Crippen LogP contribution in [-0.2, 0) is 0 Å². The van der Waals surface area contributed by atoms with Gasteiger partial charge in [-0.25, -0.2) is 0 Å². The van der Waals surface area contributed by atoms with E-state index >= 15 is 0 Å². The van der Waals surface area contributed by atoms with Crippen LogP contribution in [0.5, 0.6) is 0 Å². The zero-order valence-electron chi connectivity index (χ0n) is 12.7. The van der Waals surface area contributed by atoms with Crippen molar-refractivity contribution in [2.24, 2.45) is 0 Å². The van der Waals surface area contributed by atoms with E-state index in [2.05, 4.69) is 10.2 Å². The zero-order valence-corrected chi connectivity index (χ0v) is 12.7. The lowest BCUT2D eigenvalue weighted by Gasteiger charge is -2.01. The summed E-state index contributed by atoms with van der Waals surface area (Å²) in [6.07, 6.45) is 1.54. The minimum Gasteiger partial charge on any atom is -0.294 e. The molecule has 0 fully saturated rings. The van der Waals surface area contributed by atoms with Crippen LogP contribution in [-0.4, -0.2) is 21.8 Å². The van der Waals surface area contributed by atoms with Crippen molar-refractivity contribution in [3.05, 3.63) is 65.9 Å². The highest BCUT2D eigenvalue weighted by Gasteiger charge is 2.14. The quantitative estimate of drug-likeness (QED) is 0.583. The molecule has 0 unspecified atom stereocenters. The maximum absolute atomic E-state index is 12.1. The van der Waals surface area contributed by atoms with Crippen molar-refractivity contribution in [1.29, 1.82) is 0 Å². The van der Waals surface area contributed by atoms with Gasteiger partial charge in [0.2, 0.25) is 0 Å². The second-order valence-corrected chi connectivity index (χ2v) is 4.56. The van der Waals surface area contributed by atoms with E-state index in [-0.39, 0.29) is 18.0 Å². The summed E-state index contributed by atoms with van der Waals surface area (Å²) in [5, 5.41) is 7.60. The normalized spacial score (nSPS) is 9.91. The highest BCUT2D eigenvalue weighted by Crippen LogP contribution is 2.15. The molecule has 0 aliphatic rings. The van der Waals surface area contributed by atoms with Crippen LogP contribution in [0, 0.1) is 0 Å². The summed E-state index contributed by atoms with van der Waals surface area (Å²) in [5.41, 5.74) is 1.96. The van der Waals surface area contributed by atoms with Crippen LogP contribution in [0.3, 0.4) is 0 Å². The van der Waals surface area contributed by atoms with Gasteiger partial charge in [-0.2, -0.15) is 5.10 Å². The molecule has 0 saturated heterocycles. The molecule has 22 heavy (non-hydrogen) atoms. The number of Topliss-reactive ketones (excluding diaryl/α,β-unsaturated/α-hetero) is 2. The molecule has 0 saturated carbocycles. The lowest BCUT2D eigenvalue weighted by molar-refractivity contribution is 0.0894. The number of benzene rings is 2. The molecule has 1 heterocycles. The van der Waals surface area contributed by atoms with E-state index in [1.54, 1.807) is 48.7 Å². The van der Waals surface area contributed by atoms with Crippen LogP contribution in [0.4, 0.5) is 0 Å². The molecule has 0 aliphatic heterocycles. The van der Waals surface area contributed by atoms with Gasteiger partial charge >= 0.3 is 0 Å². The number of carbonyl (C=O) groups excluding carboxylic acids is 2. The SMILES string of the molecule is CC.O=C(CC(=O)c1ccc2[nH]ncc2c1)c1ccccc1. The molecular weight excluding hydrogens is 276 g/mol. The minimum absolute atomic E-state index is 0.118. The summed E-state index contributed by atoms with van der Waals surface area (Å²) in [7, 11) is 0. The number of fused-ring (bicyclic) bond motifs is 1. The molecular formula is C18H18N2O2. The first kappa shape index (κ1) is 15.6. The molecule has 3 rings (SSSR count). The number of aromatic nitrogens is 2. The minimum atomic E-state index is -0.179. The monoisotopic (exact) mass is 294 g/mol. The van der Waals surface area contributed by atoms with Crippen molar-refractivity contribution in [2.75, 3.05) is 0 Å². The van der Waals surface area contributed by atoms with E-state index < -0.39 is 0 Å². The Balaban J connectivity index is 0.000000847. The van der Waals surface area contributed by atoms with Gasteiger partial charge in [-0.05, 0) is 18.2 Å².